The van der Waals surface area contributed by atoms with Gasteiger partial charge in [-0.05, 0) is 16.4 Å². The van der Waals surface area contributed by atoms with Crippen LogP contribution in [0.2, 0.25) is 0 Å². The maximum atomic E-state index is 12.5. The van der Waals surface area contributed by atoms with Crippen molar-refractivity contribution in [3.63, 3.8) is 0 Å². The SMILES string of the molecule is CN1CC=CC(C(C)(C)C)=C(C(C)(C)C)C1=O. The highest BCUT2D eigenvalue weighted by Crippen LogP contribution is 2.39. The molecular formula is C15H25NO. The summed E-state index contributed by atoms with van der Waals surface area (Å²) in [5, 5.41) is 0. The van der Waals surface area contributed by atoms with E-state index in [0.717, 1.165) is 5.57 Å². The summed E-state index contributed by atoms with van der Waals surface area (Å²) in [5.41, 5.74) is 1.99. The van der Waals surface area contributed by atoms with E-state index >= 15 is 0 Å². The highest BCUT2D eigenvalue weighted by Gasteiger charge is 2.33. The van der Waals surface area contributed by atoms with Crippen LogP contribution in [0.3, 0.4) is 0 Å². The second-order valence-corrected chi connectivity index (χ2v) is 6.88. The van der Waals surface area contributed by atoms with E-state index in [4.69, 9.17) is 0 Å². The lowest BCUT2D eigenvalue weighted by Gasteiger charge is -2.31. The largest absolute Gasteiger partial charge is 0.338 e. The summed E-state index contributed by atoms with van der Waals surface area (Å²) in [5.74, 6) is 0.160. The third kappa shape index (κ3) is 2.99. The Balaban J connectivity index is 3.48. The molecular weight excluding hydrogens is 210 g/mol. The van der Waals surface area contributed by atoms with Gasteiger partial charge in [-0.25, -0.2) is 0 Å². The minimum absolute atomic E-state index is 0.0000463. The van der Waals surface area contributed by atoms with E-state index in [1.165, 1.54) is 5.57 Å². The molecule has 0 bridgehead atoms. The molecule has 17 heavy (non-hydrogen) atoms. The Hall–Kier alpha value is -1.05. The van der Waals surface area contributed by atoms with Crippen molar-refractivity contribution in [2.45, 2.75) is 41.5 Å². The van der Waals surface area contributed by atoms with Crippen molar-refractivity contribution >= 4 is 5.91 Å². The molecule has 0 aliphatic carbocycles. The van der Waals surface area contributed by atoms with Crippen molar-refractivity contribution in [3.8, 4) is 0 Å². The Morgan fingerprint density at radius 3 is 2.00 bits per heavy atom. The number of carbonyl (C=O) groups excluding carboxylic acids is 1. The Morgan fingerprint density at radius 2 is 1.59 bits per heavy atom. The second kappa shape index (κ2) is 4.32. The van der Waals surface area contributed by atoms with Gasteiger partial charge in [0.25, 0.3) is 5.91 Å². The molecule has 0 N–H and O–H groups in total. The Bertz CT molecular complexity index is 375. The molecule has 1 aliphatic heterocycles. The fourth-order valence-electron chi connectivity index (χ4n) is 2.15. The fourth-order valence-corrected chi connectivity index (χ4v) is 2.15. The predicted molar refractivity (Wildman–Crippen MR) is 72.7 cm³/mol. The normalized spacial score (nSPS) is 18.8. The van der Waals surface area contributed by atoms with Gasteiger partial charge in [0.1, 0.15) is 0 Å². The van der Waals surface area contributed by atoms with Crippen LogP contribution in [-0.2, 0) is 4.79 Å². The molecule has 2 nitrogen and oxygen atoms in total. The zero-order valence-corrected chi connectivity index (χ0v) is 12.2. The van der Waals surface area contributed by atoms with Gasteiger partial charge in [-0.2, -0.15) is 0 Å². The lowest BCUT2D eigenvalue weighted by Crippen LogP contribution is -2.33. The van der Waals surface area contributed by atoms with Gasteiger partial charge in [0.2, 0.25) is 0 Å². The van der Waals surface area contributed by atoms with Crippen molar-refractivity contribution in [2.24, 2.45) is 10.8 Å². The zero-order valence-electron chi connectivity index (χ0n) is 12.2. The number of rotatable bonds is 0. The summed E-state index contributed by atoms with van der Waals surface area (Å²) < 4.78 is 0. The number of allylic oxidation sites excluding steroid dienone is 2. The second-order valence-electron chi connectivity index (χ2n) is 6.88. The summed E-state index contributed by atoms with van der Waals surface area (Å²) in [4.78, 5) is 14.3. The van der Waals surface area contributed by atoms with E-state index in [9.17, 15) is 4.79 Å². The van der Waals surface area contributed by atoms with Crippen molar-refractivity contribution in [2.75, 3.05) is 13.6 Å². The maximum absolute atomic E-state index is 12.5. The predicted octanol–water partition coefficient (Wildman–Crippen LogP) is 3.40. The third-order valence-corrected chi connectivity index (χ3v) is 3.05. The van der Waals surface area contributed by atoms with E-state index in [-0.39, 0.29) is 16.7 Å². The minimum Gasteiger partial charge on any atom is -0.338 e. The molecule has 1 aliphatic rings. The molecule has 0 aromatic heterocycles. The van der Waals surface area contributed by atoms with Crippen LogP contribution in [0, 0.1) is 10.8 Å². The minimum atomic E-state index is -0.122. The monoisotopic (exact) mass is 235 g/mol. The van der Waals surface area contributed by atoms with Crippen molar-refractivity contribution in [1.29, 1.82) is 0 Å². The Labute approximate surface area is 105 Å². The third-order valence-electron chi connectivity index (χ3n) is 3.05. The summed E-state index contributed by atoms with van der Waals surface area (Å²) >= 11 is 0. The molecule has 0 aromatic rings. The smallest absolute Gasteiger partial charge is 0.250 e. The number of nitrogens with zero attached hydrogens (tertiary/aromatic N) is 1. The van der Waals surface area contributed by atoms with Gasteiger partial charge in [0.15, 0.2) is 0 Å². The average molecular weight is 235 g/mol. The Kier molecular flexibility index (Phi) is 3.56. The van der Waals surface area contributed by atoms with Crippen LogP contribution in [0.1, 0.15) is 41.5 Å². The van der Waals surface area contributed by atoms with Gasteiger partial charge < -0.3 is 4.90 Å². The van der Waals surface area contributed by atoms with Crippen LogP contribution in [-0.4, -0.2) is 24.4 Å². The molecule has 1 heterocycles. The van der Waals surface area contributed by atoms with E-state index in [1.54, 1.807) is 4.90 Å². The van der Waals surface area contributed by atoms with Crippen LogP contribution in [0.25, 0.3) is 0 Å². The van der Waals surface area contributed by atoms with Crippen LogP contribution in [0.4, 0.5) is 0 Å². The quantitative estimate of drug-likeness (QED) is 0.630. The summed E-state index contributed by atoms with van der Waals surface area (Å²) in [6, 6.07) is 0. The fraction of sp³-hybridized carbons (Fsp3) is 0.667. The van der Waals surface area contributed by atoms with Gasteiger partial charge in [-0.3, -0.25) is 4.79 Å². The van der Waals surface area contributed by atoms with Crippen LogP contribution < -0.4 is 0 Å². The molecule has 0 radical (unpaired) electrons. The molecule has 0 unspecified atom stereocenters. The molecule has 96 valence electrons. The first kappa shape index (κ1) is 14.0. The van der Waals surface area contributed by atoms with Crippen LogP contribution in [0.5, 0.6) is 0 Å². The molecule has 1 amide bonds. The van der Waals surface area contributed by atoms with E-state index in [2.05, 4.69) is 53.7 Å². The van der Waals surface area contributed by atoms with Crippen LogP contribution in [0.15, 0.2) is 23.3 Å². The standard InChI is InChI=1S/C15H25NO/c1-14(2,3)11-9-8-10-16(7)13(17)12(11)15(4,5)6/h8-9H,10H2,1-7H3. The summed E-state index contributed by atoms with van der Waals surface area (Å²) in [6.07, 6.45) is 4.21. The zero-order chi connectivity index (χ0) is 13.4. The molecule has 0 aromatic carbocycles. The average Bonchev–Trinajstić information content (AvgIpc) is 2.24. The van der Waals surface area contributed by atoms with Gasteiger partial charge >= 0.3 is 0 Å². The first-order chi connectivity index (χ1) is 7.55. The molecule has 0 fully saturated rings. The lowest BCUT2D eigenvalue weighted by atomic mass is 9.74. The molecule has 0 saturated carbocycles. The van der Waals surface area contributed by atoms with E-state index in [0.29, 0.717) is 6.54 Å². The van der Waals surface area contributed by atoms with E-state index in [1.807, 2.05) is 7.05 Å². The highest BCUT2D eigenvalue weighted by molar-refractivity contribution is 5.96. The number of carbonyl (C=O) groups is 1. The van der Waals surface area contributed by atoms with Crippen molar-refractivity contribution in [1.82, 2.24) is 4.90 Å². The van der Waals surface area contributed by atoms with Gasteiger partial charge in [-0.1, -0.05) is 53.7 Å². The van der Waals surface area contributed by atoms with Crippen LogP contribution >= 0.6 is 0 Å². The van der Waals surface area contributed by atoms with Gasteiger partial charge in [0, 0.05) is 19.2 Å². The molecule has 0 atom stereocenters. The highest BCUT2D eigenvalue weighted by atomic mass is 16.2. The molecule has 1 rings (SSSR count). The number of amides is 1. The maximum Gasteiger partial charge on any atom is 0.250 e. The van der Waals surface area contributed by atoms with E-state index < -0.39 is 0 Å². The topological polar surface area (TPSA) is 20.3 Å². The molecule has 0 spiro atoms. The van der Waals surface area contributed by atoms with Gasteiger partial charge in [0.05, 0.1) is 0 Å². The van der Waals surface area contributed by atoms with Gasteiger partial charge in [-0.15, -0.1) is 0 Å². The van der Waals surface area contributed by atoms with Crippen molar-refractivity contribution in [3.05, 3.63) is 23.3 Å². The number of likely N-dealkylation sites (N-methyl/N-ethyl adjacent to an activating group) is 1. The Morgan fingerprint density at radius 1 is 1.06 bits per heavy atom. The number of hydrogen-bond donors (Lipinski definition) is 0. The first-order valence-corrected chi connectivity index (χ1v) is 6.22. The number of hydrogen-bond acceptors (Lipinski definition) is 1. The first-order valence-electron chi connectivity index (χ1n) is 6.22. The summed E-state index contributed by atoms with van der Waals surface area (Å²) in [6.45, 7) is 13.5. The summed E-state index contributed by atoms with van der Waals surface area (Å²) in [7, 11) is 1.87. The lowest BCUT2D eigenvalue weighted by molar-refractivity contribution is -0.126. The van der Waals surface area contributed by atoms with Crippen molar-refractivity contribution < 1.29 is 4.79 Å². The molecule has 2 heteroatoms. The molecule has 0 saturated heterocycles.